The lowest BCUT2D eigenvalue weighted by Gasteiger charge is -2.36. The van der Waals surface area contributed by atoms with Gasteiger partial charge in [-0.1, -0.05) is 30.3 Å². The molecule has 5 nitrogen and oxygen atoms in total. The Hall–Kier alpha value is -2.24. The van der Waals surface area contributed by atoms with E-state index in [-0.39, 0.29) is 11.8 Å². The van der Waals surface area contributed by atoms with Crippen LogP contribution < -0.4 is 0 Å². The summed E-state index contributed by atoms with van der Waals surface area (Å²) in [6, 6.07) is 14.2. The van der Waals surface area contributed by atoms with Gasteiger partial charge >= 0.3 is 0 Å². The predicted octanol–water partition coefficient (Wildman–Crippen LogP) is 1.97. The van der Waals surface area contributed by atoms with E-state index in [1.165, 1.54) is 5.56 Å². The molecule has 1 aliphatic heterocycles. The summed E-state index contributed by atoms with van der Waals surface area (Å²) in [5.41, 5.74) is 2.38. The first-order chi connectivity index (χ1) is 12.6. The molecule has 0 bridgehead atoms. The third-order valence-electron chi connectivity index (χ3n) is 5.02. The number of hydrogen-bond donors (Lipinski definition) is 1. The first kappa shape index (κ1) is 18.5. The predicted molar refractivity (Wildman–Crippen MR) is 101 cm³/mol. The van der Waals surface area contributed by atoms with Gasteiger partial charge in [0.2, 0.25) is 5.91 Å². The minimum Gasteiger partial charge on any atom is -0.391 e. The molecule has 5 heteroatoms. The molecule has 0 aliphatic carbocycles. The van der Waals surface area contributed by atoms with E-state index >= 15 is 0 Å². The largest absolute Gasteiger partial charge is 0.391 e. The lowest BCUT2D eigenvalue weighted by Crippen LogP contribution is -2.49. The maximum Gasteiger partial charge on any atom is 0.236 e. The summed E-state index contributed by atoms with van der Waals surface area (Å²) >= 11 is 0. The fourth-order valence-corrected chi connectivity index (χ4v) is 3.55. The molecule has 1 fully saturated rings. The van der Waals surface area contributed by atoms with Crippen LogP contribution in [0.2, 0.25) is 0 Å². The molecular formula is C21H27N3O2. The van der Waals surface area contributed by atoms with Crippen molar-refractivity contribution in [2.75, 3.05) is 26.7 Å². The van der Waals surface area contributed by atoms with Crippen molar-refractivity contribution in [1.82, 2.24) is 14.8 Å². The second-order valence-electron chi connectivity index (χ2n) is 7.17. The number of aliphatic hydroxyl groups excluding tert-OH is 1. The number of amides is 1. The molecule has 1 amide bonds. The summed E-state index contributed by atoms with van der Waals surface area (Å²) in [5.74, 6) is 0.301. The lowest BCUT2D eigenvalue weighted by molar-refractivity contribution is -0.136. The quantitative estimate of drug-likeness (QED) is 0.863. The topological polar surface area (TPSA) is 56.7 Å². The van der Waals surface area contributed by atoms with Crippen LogP contribution in [-0.4, -0.2) is 58.6 Å². The number of carbonyl (C=O) groups excluding carboxylic acids is 1. The molecule has 1 aromatic heterocycles. The number of aromatic nitrogens is 1. The molecule has 2 heterocycles. The molecule has 0 radical (unpaired) electrons. The molecule has 0 spiro atoms. The van der Waals surface area contributed by atoms with E-state index in [1.54, 1.807) is 17.3 Å². The normalized spacial score (nSPS) is 20.3. The van der Waals surface area contributed by atoms with Crippen molar-refractivity contribution in [3.63, 3.8) is 0 Å². The Morgan fingerprint density at radius 1 is 1.19 bits per heavy atom. The number of likely N-dealkylation sites (N-methyl/N-ethyl adjacent to an activating group) is 1. The van der Waals surface area contributed by atoms with Crippen LogP contribution in [0.25, 0.3) is 0 Å². The van der Waals surface area contributed by atoms with Crippen LogP contribution in [0.4, 0.5) is 0 Å². The minimum absolute atomic E-state index is 0.0822. The number of pyridine rings is 1. The zero-order valence-electron chi connectivity index (χ0n) is 15.3. The highest BCUT2D eigenvalue weighted by atomic mass is 16.3. The number of nitrogens with zero attached hydrogens (tertiary/aromatic N) is 3. The van der Waals surface area contributed by atoms with E-state index in [0.29, 0.717) is 19.6 Å². The number of likely N-dealkylation sites (tertiary alicyclic amines) is 1. The summed E-state index contributed by atoms with van der Waals surface area (Å²) < 4.78 is 0. The number of carbonyl (C=O) groups is 1. The third-order valence-corrected chi connectivity index (χ3v) is 5.02. The highest BCUT2D eigenvalue weighted by Gasteiger charge is 2.30. The lowest BCUT2D eigenvalue weighted by atomic mass is 9.88. The number of piperidine rings is 1. The Kier molecular flexibility index (Phi) is 6.36. The zero-order valence-corrected chi connectivity index (χ0v) is 15.3. The second-order valence-corrected chi connectivity index (χ2v) is 7.17. The summed E-state index contributed by atoms with van der Waals surface area (Å²) in [6.07, 6.45) is 4.78. The van der Waals surface area contributed by atoms with Gasteiger partial charge in [-0.05, 0) is 49.1 Å². The Morgan fingerprint density at radius 2 is 1.92 bits per heavy atom. The van der Waals surface area contributed by atoms with Crippen LogP contribution in [-0.2, 0) is 17.8 Å². The molecule has 2 atom stereocenters. The standard InChI is InChI=1S/C21H27N3O2/c1-23(14-18-7-10-22-11-8-18)16-21(26)24-12-9-19(20(25)15-24)13-17-5-3-2-4-6-17/h2-8,10-11,19-20,25H,9,12-16H2,1H3/t19-,20-/m1/s1. The van der Waals surface area contributed by atoms with Crippen molar-refractivity contribution in [2.24, 2.45) is 5.92 Å². The van der Waals surface area contributed by atoms with Gasteiger partial charge in [-0.3, -0.25) is 14.7 Å². The van der Waals surface area contributed by atoms with E-state index < -0.39 is 6.10 Å². The smallest absolute Gasteiger partial charge is 0.236 e. The Morgan fingerprint density at radius 3 is 2.62 bits per heavy atom. The molecule has 3 rings (SSSR count). The Labute approximate surface area is 155 Å². The first-order valence-corrected chi connectivity index (χ1v) is 9.19. The Balaban J connectivity index is 1.47. The van der Waals surface area contributed by atoms with E-state index in [9.17, 15) is 9.90 Å². The van der Waals surface area contributed by atoms with Gasteiger partial charge in [0.1, 0.15) is 0 Å². The fourth-order valence-electron chi connectivity index (χ4n) is 3.55. The van der Waals surface area contributed by atoms with Gasteiger partial charge < -0.3 is 10.0 Å². The molecule has 2 aromatic rings. The average molecular weight is 353 g/mol. The molecule has 0 saturated carbocycles. The molecule has 1 saturated heterocycles. The van der Waals surface area contributed by atoms with Gasteiger partial charge in [0.15, 0.2) is 0 Å². The fraction of sp³-hybridized carbons (Fsp3) is 0.429. The Bertz CT molecular complexity index is 693. The highest BCUT2D eigenvalue weighted by molar-refractivity contribution is 5.78. The van der Waals surface area contributed by atoms with Crippen molar-refractivity contribution in [3.05, 3.63) is 66.0 Å². The monoisotopic (exact) mass is 353 g/mol. The highest BCUT2D eigenvalue weighted by Crippen LogP contribution is 2.22. The van der Waals surface area contributed by atoms with Gasteiger partial charge in [0, 0.05) is 32.0 Å². The summed E-state index contributed by atoms with van der Waals surface area (Å²) in [5, 5.41) is 10.5. The van der Waals surface area contributed by atoms with Crippen molar-refractivity contribution in [3.8, 4) is 0 Å². The number of rotatable bonds is 6. The number of hydrogen-bond acceptors (Lipinski definition) is 4. The second kappa shape index (κ2) is 8.92. The van der Waals surface area contributed by atoms with Crippen LogP contribution in [0.5, 0.6) is 0 Å². The summed E-state index contributed by atoms with van der Waals surface area (Å²) in [7, 11) is 1.94. The van der Waals surface area contributed by atoms with Crippen LogP contribution in [0.15, 0.2) is 54.9 Å². The van der Waals surface area contributed by atoms with Gasteiger partial charge in [0.25, 0.3) is 0 Å². The minimum atomic E-state index is -0.460. The van der Waals surface area contributed by atoms with Gasteiger partial charge in [-0.2, -0.15) is 0 Å². The molecule has 138 valence electrons. The molecule has 1 N–H and O–H groups in total. The van der Waals surface area contributed by atoms with Crippen LogP contribution in [0, 0.1) is 5.92 Å². The number of benzene rings is 1. The van der Waals surface area contributed by atoms with E-state index in [1.807, 2.05) is 42.3 Å². The van der Waals surface area contributed by atoms with Crippen LogP contribution in [0.1, 0.15) is 17.5 Å². The maximum atomic E-state index is 12.6. The maximum absolute atomic E-state index is 12.6. The first-order valence-electron chi connectivity index (χ1n) is 9.19. The van der Waals surface area contributed by atoms with E-state index in [0.717, 1.165) is 24.9 Å². The number of β-amino-alcohol motifs (C(OH)–C–C–N with tert-alkyl or cyclic N) is 1. The van der Waals surface area contributed by atoms with Crippen LogP contribution >= 0.6 is 0 Å². The van der Waals surface area contributed by atoms with E-state index in [4.69, 9.17) is 0 Å². The van der Waals surface area contributed by atoms with Crippen LogP contribution in [0.3, 0.4) is 0 Å². The van der Waals surface area contributed by atoms with Crippen molar-refractivity contribution >= 4 is 5.91 Å². The average Bonchev–Trinajstić information content (AvgIpc) is 2.65. The van der Waals surface area contributed by atoms with Crippen molar-refractivity contribution in [1.29, 1.82) is 0 Å². The van der Waals surface area contributed by atoms with Gasteiger partial charge in [0.05, 0.1) is 12.6 Å². The van der Waals surface area contributed by atoms with Gasteiger partial charge in [-0.15, -0.1) is 0 Å². The zero-order chi connectivity index (χ0) is 18.4. The summed E-state index contributed by atoms with van der Waals surface area (Å²) in [4.78, 5) is 20.4. The molecule has 1 aromatic carbocycles. The molecular weight excluding hydrogens is 326 g/mol. The molecule has 1 aliphatic rings. The molecule has 26 heavy (non-hydrogen) atoms. The summed E-state index contributed by atoms with van der Waals surface area (Å²) in [6.45, 7) is 2.22. The van der Waals surface area contributed by atoms with E-state index in [2.05, 4.69) is 17.1 Å². The SMILES string of the molecule is CN(CC(=O)N1CC[C@H](Cc2ccccc2)[C@H](O)C1)Cc1ccncc1. The van der Waals surface area contributed by atoms with Gasteiger partial charge in [-0.25, -0.2) is 0 Å². The third kappa shape index (κ3) is 5.13. The van der Waals surface area contributed by atoms with Crippen molar-refractivity contribution < 1.29 is 9.90 Å². The molecule has 0 unspecified atom stereocenters. The number of aliphatic hydroxyl groups is 1. The van der Waals surface area contributed by atoms with Crippen molar-refractivity contribution in [2.45, 2.75) is 25.5 Å².